The van der Waals surface area contributed by atoms with E-state index in [1.165, 1.54) is 13.0 Å². The van der Waals surface area contributed by atoms with Gasteiger partial charge in [0.2, 0.25) is 17.6 Å². The van der Waals surface area contributed by atoms with E-state index < -0.39 is 6.04 Å². The zero-order valence-corrected chi connectivity index (χ0v) is 21.7. The van der Waals surface area contributed by atoms with Gasteiger partial charge in [-0.2, -0.15) is 4.98 Å². The number of nitrogens with one attached hydrogen (secondary N) is 1. The van der Waals surface area contributed by atoms with Crippen LogP contribution in [0.15, 0.2) is 83.4 Å². The number of hydrogen-bond donors (Lipinski definition) is 1. The highest BCUT2D eigenvalue weighted by Gasteiger charge is 2.29. The van der Waals surface area contributed by atoms with E-state index in [2.05, 4.69) is 32.5 Å². The van der Waals surface area contributed by atoms with Gasteiger partial charge in [0.15, 0.2) is 0 Å². The van der Waals surface area contributed by atoms with Crippen LogP contribution < -0.4 is 5.32 Å². The number of halogens is 1. The highest BCUT2D eigenvalue weighted by atomic mass is 19.1. The molecule has 0 saturated carbocycles. The van der Waals surface area contributed by atoms with Gasteiger partial charge >= 0.3 is 0 Å². The summed E-state index contributed by atoms with van der Waals surface area (Å²) in [4.78, 5) is 33.6. The fraction of sp³-hybridized carbons (Fsp3) is 0.267. The summed E-state index contributed by atoms with van der Waals surface area (Å²) < 4.78 is 19.7. The van der Waals surface area contributed by atoms with Crippen LogP contribution in [0.3, 0.4) is 0 Å². The third kappa shape index (κ3) is 6.56. The second-order valence-electron chi connectivity index (χ2n) is 9.64. The first-order valence-corrected chi connectivity index (χ1v) is 13.0. The molecule has 1 aliphatic rings. The number of piperazine rings is 1. The monoisotopic (exact) mass is 527 g/mol. The molecule has 1 atom stereocenters. The van der Waals surface area contributed by atoms with Crippen LogP contribution in [0, 0.1) is 5.82 Å². The molecule has 1 aromatic heterocycles. The van der Waals surface area contributed by atoms with E-state index in [9.17, 15) is 14.0 Å². The van der Waals surface area contributed by atoms with Gasteiger partial charge in [0, 0.05) is 57.2 Å². The molecular weight excluding hydrogens is 497 g/mol. The third-order valence-electron chi connectivity index (χ3n) is 6.78. The lowest BCUT2D eigenvalue weighted by Gasteiger charge is -2.36. The van der Waals surface area contributed by atoms with Crippen LogP contribution in [0.4, 0.5) is 4.39 Å². The largest absolute Gasteiger partial charge is 0.344 e. The molecule has 9 heteroatoms. The number of amides is 2. The normalized spacial score (nSPS) is 14.7. The van der Waals surface area contributed by atoms with Gasteiger partial charge in [-0.1, -0.05) is 59.8 Å². The quantitative estimate of drug-likeness (QED) is 0.373. The minimum absolute atomic E-state index is 0.111. The summed E-state index contributed by atoms with van der Waals surface area (Å²) in [6.07, 6.45) is 0.111. The van der Waals surface area contributed by atoms with Gasteiger partial charge in [-0.05, 0) is 35.4 Å². The van der Waals surface area contributed by atoms with Crippen molar-refractivity contribution in [1.82, 2.24) is 25.3 Å². The Morgan fingerprint density at radius 1 is 0.949 bits per heavy atom. The van der Waals surface area contributed by atoms with E-state index in [1.54, 1.807) is 23.1 Å². The lowest BCUT2D eigenvalue weighted by atomic mass is 10.0. The van der Waals surface area contributed by atoms with Gasteiger partial charge < -0.3 is 14.7 Å². The van der Waals surface area contributed by atoms with Crippen LogP contribution >= 0.6 is 0 Å². The molecule has 0 bridgehead atoms. The van der Waals surface area contributed by atoms with Crippen LogP contribution in [-0.4, -0.2) is 64.0 Å². The van der Waals surface area contributed by atoms with Crippen LogP contribution in [0.25, 0.3) is 22.8 Å². The summed E-state index contributed by atoms with van der Waals surface area (Å²) in [5.74, 6) is 0.112. The average molecular weight is 528 g/mol. The molecule has 0 aliphatic carbocycles. The smallest absolute Gasteiger partial charge is 0.258 e. The van der Waals surface area contributed by atoms with Crippen molar-refractivity contribution in [1.29, 1.82) is 0 Å². The van der Waals surface area contributed by atoms with Gasteiger partial charge in [0.1, 0.15) is 11.9 Å². The molecule has 1 aliphatic heterocycles. The lowest BCUT2D eigenvalue weighted by Crippen LogP contribution is -2.55. The Labute approximate surface area is 226 Å². The topological polar surface area (TPSA) is 91.6 Å². The van der Waals surface area contributed by atoms with Crippen molar-refractivity contribution in [2.45, 2.75) is 25.9 Å². The van der Waals surface area contributed by atoms with Crippen molar-refractivity contribution in [2.24, 2.45) is 0 Å². The highest BCUT2D eigenvalue weighted by molar-refractivity contribution is 5.87. The van der Waals surface area contributed by atoms with Gasteiger partial charge in [-0.25, -0.2) is 4.39 Å². The van der Waals surface area contributed by atoms with Crippen LogP contribution in [0.1, 0.15) is 18.1 Å². The molecule has 1 fully saturated rings. The van der Waals surface area contributed by atoms with E-state index in [0.29, 0.717) is 50.0 Å². The molecule has 0 unspecified atom stereocenters. The second-order valence-corrected chi connectivity index (χ2v) is 9.64. The third-order valence-corrected chi connectivity index (χ3v) is 6.78. The fourth-order valence-corrected chi connectivity index (χ4v) is 4.78. The first kappa shape index (κ1) is 26.2. The molecule has 0 radical (unpaired) electrons. The Kier molecular flexibility index (Phi) is 8.07. The molecule has 39 heavy (non-hydrogen) atoms. The lowest BCUT2D eigenvalue weighted by molar-refractivity contribution is -0.137. The average Bonchev–Trinajstić information content (AvgIpc) is 3.45. The number of rotatable bonds is 8. The number of hydrogen-bond acceptors (Lipinski definition) is 6. The predicted octanol–water partition coefficient (Wildman–Crippen LogP) is 3.93. The molecule has 1 N–H and O–H groups in total. The molecule has 4 aromatic rings. The standard InChI is InChI=1S/C30H30FN5O3/c1-21(37)32-27(19-24-11-5-6-13-26(24)31)30(38)36-16-14-35(15-17-36)20-22-8-7-12-25(18-22)28-33-29(39-34-28)23-9-3-2-4-10-23/h2-13,18,27H,14-17,19-20H2,1H3,(H,32,37)/t27-/m0/s1. The van der Waals surface area contributed by atoms with Crippen LogP contribution in [-0.2, 0) is 22.6 Å². The number of carbonyl (C=O) groups is 2. The molecule has 5 rings (SSSR count). The van der Waals surface area contributed by atoms with Crippen molar-refractivity contribution in [3.8, 4) is 22.8 Å². The summed E-state index contributed by atoms with van der Waals surface area (Å²) >= 11 is 0. The van der Waals surface area contributed by atoms with Crippen molar-refractivity contribution in [2.75, 3.05) is 26.2 Å². The first-order chi connectivity index (χ1) is 19.0. The van der Waals surface area contributed by atoms with Crippen molar-refractivity contribution in [3.05, 3.63) is 95.8 Å². The summed E-state index contributed by atoms with van der Waals surface area (Å²) in [6.45, 7) is 4.49. The Morgan fingerprint density at radius 2 is 1.67 bits per heavy atom. The summed E-state index contributed by atoms with van der Waals surface area (Å²) in [5.41, 5.74) is 3.25. The van der Waals surface area contributed by atoms with Gasteiger partial charge in [-0.3, -0.25) is 14.5 Å². The van der Waals surface area contributed by atoms with Crippen molar-refractivity contribution < 1.29 is 18.5 Å². The van der Waals surface area contributed by atoms with E-state index in [-0.39, 0.29) is 24.1 Å². The van der Waals surface area contributed by atoms with Gasteiger partial charge in [0.25, 0.3) is 5.89 Å². The summed E-state index contributed by atoms with van der Waals surface area (Å²) in [7, 11) is 0. The zero-order valence-electron chi connectivity index (χ0n) is 21.7. The maximum Gasteiger partial charge on any atom is 0.258 e. The minimum Gasteiger partial charge on any atom is -0.344 e. The Hall–Kier alpha value is -4.37. The van der Waals surface area contributed by atoms with Crippen molar-refractivity contribution in [3.63, 3.8) is 0 Å². The fourth-order valence-electron chi connectivity index (χ4n) is 4.78. The van der Waals surface area contributed by atoms with E-state index in [1.807, 2.05) is 42.5 Å². The predicted molar refractivity (Wildman–Crippen MR) is 145 cm³/mol. The Bertz CT molecular complexity index is 1430. The SMILES string of the molecule is CC(=O)N[C@@H](Cc1ccccc1F)C(=O)N1CCN(Cc2cccc(-c3noc(-c4ccccc4)n3)c2)CC1. The highest BCUT2D eigenvalue weighted by Crippen LogP contribution is 2.23. The van der Waals surface area contributed by atoms with E-state index in [4.69, 9.17) is 4.52 Å². The number of nitrogens with zero attached hydrogens (tertiary/aromatic N) is 4. The zero-order chi connectivity index (χ0) is 27.2. The van der Waals surface area contributed by atoms with Crippen molar-refractivity contribution >= 4 is 11.8 Å². The minimum atomic E-state index is -0.807. The molecule has 3 aromatic carbocycles. The molecule has 8 nitrogen and oxygen atoms in total. The first-order valence-electron chi connectivity index (χ1n) is 13.0. The van der Waals surface area contributed by atoms with Gasteiger partial charge in [0.05, 0.1) is 0 Å². The van der Waals surface area contributed by atoms with Crippen LogP contribution in [0.2, 0.25) is 0 Å². The number of benzene rings is 3. The summed E-state index contributed by atoms with van der Waals surface area (Å²) in [6, 6.07) is 23.2. The molecule has 2 heterocycles. The number of aromatic nitrogens is 2. The van der Waals surface area contributed by atoms with Crippen LogP contribution in [0.5, 0.6) is 0 Å². The van der Waals surface area contributed by atoms with E-state index in [0.717, 1.165) is 16.7 Å². The maximum atomic E-state index is 14.2. The molecular formula is C30H30FN5O3. The molecule has 2 amide bonds. The Morgan fingerprint density at radius 3 is 2.41 bits per heavy atom. The maximum absolute atomic E-state index is 14.2. The Balaban J connectivity index is 1.19. The van der Waals surface area contributed by atoms with E-state index >= 15 is 0 Å². The second kappa shape index (κ2) is 12.0. The summed E-state index contributed by atoms with van der Waals surface area (Å²) in [5, 5.41) is 6.86. The molecule has 1 saturated heterocycles. The van der Waals surface area contributed by atoms with Gasteiger partial charge in [-0.15, -0.1) is 0 Å². The molecule has 200 valence electrons. The number of carbonyl (C=O) groups excluding carboxylic acids is 2. The molecule has 0 spiro atoms.